The van der Waals surface area contributed by atoms with E-state index in [1.165, 1.54) is 25.7 Å². The summed E-state index contributed by atoms with van der Waals surface area (Å²) in [5.74, 6) is 0. The van der Waals surface area contributed by atoms with E-state index in [9.17, 15) is 0 Å². The van der Waals surface area contributed by atoms with E-state index in [1.807, 2.05) is 0 Å². The van der Waals surface area contributed by atoms with Crippen LogP contribution < -0.4 is 0 Å². The summed E-state index contributed by atoms with van der Waals surface area (Å²) in [5, 5.41) is 0. The van der Waals surface area contributed by atoms with Crippen LogP contribution in [-0.2, 0) is 21.1 Å². The van der Waals surface area contributed by atoms with Gasteiger partial charge < -0.3 is 6.92 Å². The molecule has 0 aliphatic heterocycles. The van der Waals surface area contributed by atoms with E-state index in [0.29, 0.717) is 0 Å². The molecule has 0 unspecified atom stereocenters. The van der Waals surface area contributed by atoms with Gasteiger partial charge in [0.25, 0.3) is 0 Å². The van der Waals surface area contributed by atoms with Gasteiger partial charge >= 0.3 is 0 Å². The van der Waals surface area contributed by atoms with Gasteiger partial charge in [0, 0.05) is 21.1 Å². The summed E-state index contributed by atoms with van der Waals surface area (Å²) < 4.78 is 0. The van der Waals surface area contributed by atoms with Crippen molar-refractivity contribution >= 4 is 0 Å². The van der Waals surface area contributed by atoms with E-state index < -0.39 is 0 Å². The smallest absolute Gasteiger partial charge is 0 e. The molecule has 0 aliphatic rings. The Kier molecular flexibility index (Phi) is 15.3. The fourth-order valence-electron chi connectivity index (χ4n) is 0.604. The second-order valence-electron chi connectivity index (χ2n) is 1.91. The Labute approximate surface area is 67.3 Å². The zero-order chi connectivity index (χ0) is 5.54. The maximum atomic E-state index is 3.76. The summed E-state index contributed by atoms with van der Waals surface area (Å²) in [6.45, 7) is 5.98. The molecule has 0 amide bonds. The summed E-state index contributed by atoms with van der Waals surface area (Å²) >= 11 is 0. The van der Waals surface area contributed by atoms with E-state index in [1.54, 1.807) is 0 Å². The van der Waals surface area contributed by atoms with Gasteiger partial charge in [-0.3, -0.25) is 0 Å². The van der Waals surface area contributed by atoms with Gasteiger partial charge in [0.05, 0.1) is 0 Å². The minimum Gasteiger partial charge on any atom is -0.343 e. The quantitative estimate of drug-likeness (QED) is 0.367. The van der Waals surface area contributed by atoms with Crippen LogP contribution in [0.1, 0.15) is 39.0 Å². The van der Waals surface area contributed by atoms with Gasteiger partial charge in [-0.2, -0.15) is 6.42 Å². The molecule has 0 rings (SSSR count). The first-order valence-corrected chi connectivity index (χ1v) is 3.21. The topological polar surface area (TPSA) is 0 Å². The predicted molar refractivity (Wildman–Crippen MR) is 34.1 cm³/mol. The van der Waals surface area contributed by atoms with Crippen molar-refractivity contribution in [2.45, 2.75) is 39.0 Å². The monoisotopic (exact) mass is 197 g/mol. The predicted octanol–water partition coefficient (Wildman–Crippen LogP) is 2.79. The van der Waals surface area contributed by atoms with E-state index in [-0.39, 0.29) is 21.1 Å². The van der Waals surface area contributed by atoms with Gasteiger partial charge in [0.15, 0.2) is 0 Å². The molecule has 0 aromatic rings. The molecule has 0 aromatic carbocycles. The van der Waals surface area contributed by atoms with Crippen molar-refractivity contribution in [3.8, 4) is 0 Å². The van der Waals surface area contributed by atoms with Crippen molar-refractivity contribution in [1.29, 1.82) is 0 Å². The molecule has 1 heteroatoms. The molecule has 0 atom stereocenters. The average Bonchev–Trinajstić information content (AvgIpc) is 1.69. The van der Waals surface area contributed by atoms with Crippen molar-refractivity contribution in [3.63, 3.8) is 0 Å². The first-order valence-electron chi connectivity index (χ1n) is 3.21. The molecule has 0 fully saturated rings. The van der Waals surface area contributed by atoms with Crippen molar-refractivity contribution in [1.82, 2.24) is 0 Å². The van der Waals surface area contributed by atoms with Gasteiger partial charge in [0.1, 0.15) is 0 Å². The molecule has 0 bridgehead atoms. The van der Waals surface area contributed by atoms with Gasteiger partial charge in [-0.1, -0.05) is 32.6 Å². The fraction of sp³-hybridized carbons (Fsp3) is 0.857. The molecule has 0 N–H and O–H groups in total. The third-order valence-electron chi connectivity index (χ3n) is 1.10. The van der Waals surface area contributed by atoms with Gasteiger partial charge in [0.2, 0.25) is 0 Å². The molecule has 0 aliphatic carbocycles. The van der Waals surface area contributed by atoms with Crippen LogP contribution in [0.4, 0.5) is 0 Å². The van der Waals surface area contributed by atoms with Crippen LogP contribution in [0.2, 0.25) is 0 Å². The zero-order valence-electron chi connectivity index (χ0n) is 5.65. The Morgan fingerprint density at radius 1 is 1.12 bits per heavy atom. The van der Waals surface area contributed by atoms with Crippen molar-refractivity contribution in [2.75, 3.05) is 0 Å². The van der Waals surface area contributed by atoms with E-state index in [2.05, 4.69) is 13.8 Å². The second-order valence-corrected chi connectivity index (χ2v) is 1.91. The summed E-state index contributed by atoms with van der Waals surface area (Å²) in [6.07, 6.45) is 6.52. The first kappa shape index (κ1) is 11.5. The molecule has 0 heterocycles. The molecule has 0 spiro atoms. The van der Waals surface area contributed by atoms with E-state index >= 15 is 0 Å². The Hall–Kier alpha value is 0.688. The third-order valence-corrected chi connectivity index (χ3v) is 1.10. The van der Waals surface area contributed by atoms with Crippen LogP contribution in [0.5, 0.6) is 0 Å². The summed E-state index contributed by atoms with van der Waals surface area (Å²) in [5.41, 5.74) is 0. The molecule has 0 nitrogen and oxygen atoms in total. The van der Waals surface area contributed by atoms with Crippen LogP contribution in [0.25, 0.3) is 0 Å². The standard InChI is InChI=1S/C7H15.Mo/c1-3-5-7-6-4-2;/h1,3-7H2,2H3;/q-1;. The zero-order valence-corrected chi connectivity index (χ0v) is 7.66. The number of hydrogen-bond donors (Lipinski definition) is 0. The number of unbranched alkanes of at least 4 members (excludes halogenated alkanes) is 4. The molecule has 0 aromatic heterocycles. The summed E-state index contributed by atoms with van der Waals surface area (Å²) in [7, 11) is 0. The maximum Gasteiger partial charge on any atom is 0 e. The van der Waals surface area contributed by atoms with Crippen LogP contribution in [0, 0.1) is 6.92 Å². The Morgan fingerprint density at radius 3 is 2.12 bits per heavy atom. The second kappa shape index (κ2) is 10.6. The molecule has 8 heavy (non-hydrogen) atoms. The van der Waals surface area contributed by atoms with Crippen LogP contribution in [-0.4, -0.2) is 0 Å². The Morgan fingerprint density at radius 2 is 1.75 bits per heavy atom. The number of rotatable bonds is 4. The average molecular weight is 195 g/mol. The molecule has 0 radical (unpaired) electrons. The first-order chi connectivity index (χ1) is 3.41. The van der Waals surface area contributed by atoms with Crippen LogP contribution in [0.15, 0.2) is 0 Å². The molecular formula is C7H15Mo-. The SMILES string of the molecule is [CH2-]CCCCCC.[Mo]. The normalized spacial score (nSPS) is 8.25. The largest absolute Gasteiger partial charge is 0.343 e. The maximum absolute atomic E-state index is 3.76. The Bertz CT molecular complexity index is 23.6. The fourth-order valence-corrected chi connectivity index (χ4v) is 0.604. The van der Waals surface area contributed by atoms with E-state index in [0.717, 1.165) is 6.42 Å². The molecule has 0 saturated carbocycles. The third kappa shape index (κ3) is 9.85. The minimum absolute atomic E-state index is 0. The molecule has 0 saturated heterocycles. The number of hydrogen-bond acceptors (Lipinski definition) is 0. The van der Waals surface area contributed by atoms with Gasteiger partial charge in [-0.15, -0.1) is 0 Å². The van der Waals surface area contributed by atoms with Crippen molar-refractivity contribution < 1.29 is 21.1 Å². The van der Waals surface area contributed by atoms with Crippen LogP contribution in [0.3, 0.4) is 0 Å². The van der Waals surface area contributed by atoms with E-state index in [4.69, 9.17) is 0 Å². The molecular weight excluding hydrogens is 180 g/mol. The van der Waals surface area contributed by atoms with Crippen LogP contribution >= 0.6 is 0 Å². The minimum atomic E-state index is 0. The van der Waals surface area contributed by atoms with Crippen molar-refractivity contribution in [2.24, 2.45) is 0 Å². The van der Waals surface area contributed by atoms with Crippen molar-refractivity contribution in [3.05, 3.63) is 6.92 Å². The summed E-state index contributed by atoms with van der Waals surface area (Å²) in [6, 6.07) is 0. The molecule has 50 valence electrons. The van der Waals surface area contributed by atoms with Gasteiger partial charge in [-0.25, -0.2) is 0 Å². The Balaban J connectivity index is 0. The summed E-state index contributed by atoms with van der Waals surface area (Å²) in [4.78, 5) is 0. The van der Waals surface area contributed by atoms with Gasteiger partial charge in [-0.05, 0) is 0 Å².